The molecule has 7 rings (SSSR count). The molecule has 1 N–H and O–H groups in total. The van der Waals surface area contributed by atoms with Crippen LogP contribution in [-0.4, -0.2) is 58.1 Å². The lowest BCUT2D eigenvalue weighted by Crippen LogP contribution is -2.35. The number of aliphatic carboxylic acids is 1. The number of hydrogen-bond donors (Lipinski definition) is 1. The van der Waals surface area contributed by atoms with Crippen molar-refractivity contribution in [3.8, 4) is 38.8 Å². The number of nitrogens with zero attached hydrogens (tertiary/aromatic N) is 3. The van der Waals surface area contributed by atoms with E-state index in [9.17, 15) is 18.7 Å². The molecule has 47 heavy (non-hydrogen) atoms. The number of ether oxygens (including phenoxy) is 1. The summed E-state index contributed by atoms with van der Waals surface area (Å²) in [6, 6.07) is 19.4. The van der Waals surface area contributed by atoms with Crippen LogP contribution in [0.3, 0.4) is 0 Å². The minimum absolute atomic E-state index is 0.0404. The standard InChI is InChI=1S/C37H37F2N3O4S/c1-22-26(8-5-10-28(22)34-14-13-25(47-34)21-41-15-3-4-16-41)27-9-6-11-29(23(27)2)35-40-30-18-24(20-42-17-7-12-31(42)36(43)44)32(46-37(38)39)19-33(30)45-35/h5-6,8-11,13-14,18-19,31,37H,3-4,7,12,15-17,20-21H2,1-2H3,(H,43,44)/t31-/m0/s1. The molecule has 0 spiro atoms. The molecule has 2 aliphatic rings. The van der Waals surface area contributed by atoms with Gasteiger partial charge in [0.2, 0.25) is 5.89 Å². The molecular weight excluding hydrogens is 620 g/mol. The van der Waals surface area contributed by atoms with E-state index >= 15 is 0 Å². The Bertz CT molecular complexity index is 1930. The molecule has 3 aromatic carbocycles. The average molecular weight is 658 g/mol. The van der Waals surface area contributed by atoms with E-state index in [0.717, 1.165) is 35.2 Å². The van der Waals surface area contributed by atoms with E-state index in [-0.39, 0.29) is 12.3 Å². The van der Waals surface area contributed by atoms with Crippen LogP contribution in [0.1, 0.15) is 47.3 Å². The Kier molecular flexibility index (Phi) is 8.83. The summed E-state index contributed by atoms with van der Waals surface area (Å²) in [5.74, 6) is -0.582. The number of halogens is 2. The SMILES string of the molecule is Cc1c(-c2nc3cc(CN4CCC[C@H]4C(=O)O)c(OC(F)F)cc3o2)cccc1-c1cccc(-c2ccc(CN3CCCC3)s2)c1C. The number of carbonyl (C=O) groups is 1. The summed E-state index contributed by atoms with van der Waals surface area (Å²) < 4.78 is 37.9. The van der Waals surface area contributed by atoms with Gasteiger partial charge in [0.25, 0.3) is 0 Å². The van der Waals surface area contributed by atoms with Gasteiger partial charge >= 0.3 is 12.6 Å². The fourth-order valence-electron chi connectivity index (χ4n) is 7.08. The first kappa shape index (κ1) is 31.5. The number of aromatic nitrogens is 1. The summed E-state index contributed by atoms with van der Waals surface area (Å²) in [5, 5.41) is 9.63. The zero-order valence-corrected chi connectivity index (χ0v) is 27.3. The first-order valence-electron chi connectivity index (χ1n) is 16.1. The second kappa shape index (κ2) is 13.2. The predicted octanol–water partition coefficient (Wildman–Crippen LogP) is 8.75. The van der Waals surface area contributed by atoms with E-state index in [4.69, 9.17) is 14.1 Å². The average Bonchev–Trinajstić information content (AvgIpc) is 3.86. The number of thiophene rings is 1. The van der Waals surface area contributed by atoms with Gasteiger partial charge in [-0.25, -0.2) is 4.98 Å². The number of benzene rings is 3. The zero-order chi connectivity index (χ0) is 32.7. The number of fused-ring (bicyclic) bond motifs is 1. The van der Waals surface area contributed by atoms with Crippen LogP contribution < -0.4 is 4.74 Å². The number of hydrogen-bond acceptors (Lipinski definition) is 7. The van der Waals surface area contributed by atoms with Crippen molar-refractivity contribution in [2.24, 2.45) is 0 Å². The second-order valence-corrected chi connectivity index (χ2v) is 13.7. The van der Waals surface area contributed by atoms with Crippen LogP contribution >= 0.6 is 11.3 Å². The van der Waals surface area contributed by atoms with Gasteiger partial charge in [-0.15, -0.1) is 11.3 Å². The van der Waals surface area contributed by atoms with Crippen LogP contribution in [0.15, 0.2) is 65.1 Å². The molecular formula is C37H37F2N3O4S. The highest BCUT2D eigenvalue weighted by Gasteiger charge is 2.31. The van der Waals surface area contributed by atoms with Crippen LogP contribution in [0.25, 0.3) is 44.1 Å². The predicted molar refractivity (Wildman–Crippen MR) is 180 cm³/mol. The molecule has 4 heterocycles. The molecule has 0 bridgehead atoms. The van der Waals surface area contributed by atoms with E-state index in [0.29, 0.717) is 35.5 Å². The number of rotatable bonds is 10. The Balaban J connectivity index is 1.21. The van der Waals surface area contributed by atoms with Crippen molar-refractivity contribution in [1.29, 1.82) is 0 Å². The first-order valence-corrected chi connectivity index (χ1v) is 16.9. The number of oxazole rings is 1. The topological polar surface area (TPSA) is 79.0 Å². The minimum Gasteiger partial charge on any atom is -0.480 e. The lowest BCUT2D eigenvalue weighted by Gasteiger charge is -2.22. The van der Waals surface area contributed by atoms with Crippen LogP contribution in [0.2, 0.25) is 0 Å². The fraction of sp³-hybridized carbons (Fsp3) is 0.351. The molecule has 10 heteroatoms. The fourth-order valence-corrected chi connectivity index (χ4v) is 8.21. The Labute approximate surface area is 276 Å². The summed E-state index contributed by atoms with van der Waals surface area (Å²) in [6.45, 7) is 5.25. The van der Waals surface area contributed by atoms with Crippen LogP contribution in [0.4, 0.5) is 8.78 Å². The maximum Gasteiger partial charge on any atom is 0.387 e. The zero-order valence-electron chi connectivity index (χ0n) is 26.5. The second-order valence-electron chi connectivity index (χ2n) is 12.5. The number of alkyl halides is 2. The summed E-state index contributed by atoms with van der Waals surface area (Å²) in [6.07, 6.45) is 3.81. The van der Waals surface area contributed by atoms with E-state index < -0.39 is 18.6 Å². The molecule has 1 atom stereocenters. The Morgan fingerprint density at radius 2 is 1.66 bits per heavy atom. The smallest absolute Gasteiger partial charge is 0.387 e. The van der Waals surface area contributed by atoms with Crippen molar-refractivity contribution >= 4 is 28.4 Å². The summed E-state index contributed by atoms with van der Waals surface area (Å²) in [7, 11) is 0. The third kappa shape index (κ3) is 6.42. The molecule has 0 amide bonds. The molecule has 0 unspecified atom stereocenters. The Morgan fingerprint density at radius 1 is 0.957 bits per heavy atom. The minimum atomic E-state index is -3.04. The van der Waals surface area contributed by atoms with E-state index in [1.807, 2.05) is 30.4 Å². The molecule has 0 radical (unpaired) electrons. The maximum atomic E-state index is 13.4. The Morgan fingerprint density at radius 3 is 2.38 bits per heavy atom. The van der Waals surface area contributed by atoms with Gasteiger partial charge in [0.05, 0.1) is 0 Å². The van der Waals surface area contributed by atoms with E-state index in [1.54, 1.807) is 11.0 Å². The molecule has 0 aliphatic carbocycles. The summed E-state index contributed by atoms with van der Waals surface area (Å²) in [4.78, 5) is 23.5. The van der Waals surface area contributed by atoms with Crippen molar-refractivity contribution in [3.63, 3.8) is 0 Å². The molecule has 2 aliphatic heterocycles. The molecule has 2 saturated heterocycles. The highest BCUT2D eigenvalue weighted by atomic mass is 32.1. The first-order chi connectivity index (χ1) is 22.7. The Hall–Kier alpha value is -4.12. The van der Waals surface area contributed by atoms with E-state index in [2.05, 4.69) is 48.2 Å². The number of carboxylic acid groups (broad SMARTS) is 1. The highest BCUT2D eigenvalue weighted by molar-refractivity contribution is 7.15. The van der Waals surface area contributed by atoms with E-state index in [1.165, 1.54) is 52.9 Å². The van der Waals surface area contributed by atoms with Gasteiger partial charge in [0.15, 0.2) is 5.58 Å². The maximum absolute atomic E-state index is 13.4. The van der Waals surface area contributed by atoms with Crippen LogP contribution in [0.5, 0.6) is 5.75 Å². The van der Waals surface area contributed by atoms with Crippen molar-refractivity contribution in [1.82, 2.24) is 14.8 Å². The normalized spacial score (nSPS) is 17.3. The van der Waals surface area contributed by atoms with Crippen molar-refractivity contribution in [2.45, 2.75) is 65.3 Å². The van der Waals surface area contributed by atoms with Crippen molar-refractivity contribution < 1.29 is 27.8 Å². The summed E-state index contributed by atoms with van der Waals surface area (Å²) in [5.41, 5.74) is 7.65. The van der Waals surface area contributed by atoms with Gasteiger partial charge < -0.3 is 14.3 Å². The van der Waals surface area contributed by atoms with Crippen molar-refractivity contribution in [3.05, 3.63) is 82.2 Å². The van der Waals surface area contributed by atoms with Crippen LogP contribution in [-0.2, 0) is 17.9 Å². The quantitative estimate of drug-likeness (QED) is 0.161. The molecule has 244 valence electrons. The largest absolute Gasteiger partial charge is 0.480 e. The van der Waals surface area contributed by atoms with Gasteiger partial charge in [0, 0.05) is 40.0 Å². The van der Waals surface area contributed by atoms with Crippen LogP contribution in [0, 0.1) is 13.8 Å². The van der Waals surface area contributed by atoms with Gasteiger partial charge in [-0.3, -0.25) is 14.6 Å². The number of likely N-dealkylation sites (tertiary alicyclic amines) is 2. The van der Waals surface area contributed by atoms with Gasteiger partial charge in [-0.1, -0.05) is 30.3 Å². The summed E-state index contributed by atoms with van der Waals surface area (Å²) >= 11 is 1.86. The third-order valence-corrected chi connectivity index (χ3v) is 10.6. The third-order valence-electron chi connectivity index (χ3n) is 9.50. The monoisotopic (exact) mass is 657 g/mol. The lowest BCUT2D eigenvalue weighted by molar-refractivity contribution is -0.142. The number of carboxylic acids is 1. The molecule has 0 saturated carbocycles. The van der Waals surface area contributed by atoms with Gasteiger partial charge in [0.1, 0.15) is 17.3 Å². The van der Waals surface area contributed by atoms with Gasteiger partial charge in [-0.2, -0.15) is 8.78 Å². The molecule has 7 nitrogen and oxygen atoms in total. The molecule has 2 fully saturated rings. The van der Waals surface area contributed by atoms with Gasteiger partial charge in [-0.05, 0) is 111 Å². The van der Waals surface area contributed by atoms with Crippen molar-refractivity contribution in [2.75, 3.05) is 19.6 Å². The highest BCUT2D eigenvalue weighted by Crippen LogP contribution is 2.40. The molecule has 5 aromatic rings. The lowest BCUT2D eigenvalue weighted by atomic mass is 9.91. The molecule has 2 aromatic heterocycles.